The molecule has 2 rings (SSSR count). The maximum atomic E-state index is 12.0. The number of hydrogen-bond donors (Lipinski definition) is 2. The molecule has 0 radical (unpaired) electrons. The molecule has 1 saturated carbocycles. The van der Waals surface area contributed by atoms with E-state index in [1.807, 2.05) is 32.2 Å². The van der Waals surface area contributed by atoms with Gasteiger partial charge in [-0.3, -0.25) is 4.79 Å². The standard InChI is InChI=1S/C18H28N2O2.ClH/c1-14(12-19-2)18(21)20-16-8-6-7-15(11-16)13-22-17-9-4-3-5-10-17;/h6-8,11,14,17,19H,3-5,9-10,12-13H2,1-2H3,(H,20,21);1H. The number of anilines is 1. The molecule has 0 saturated heterocycles. The number of benzene rings is 1. The Balaban J connectivity index is 0.00000264. The van der Waals surface area contributed by atoms with Crippen molar-refractivity contribution in [2.24, 2.45) is 5.92 Å². The van der Waals surface area contributed by atoms with E-state index in [9.17, 15) is 4.79 Å². The van der Waals surface area contributed by atoms with E-state index in [0.717, 1.165) is 11.3 Å². The highest BCUT2D eigenvalue weighted by molar-refractivity contribution is 5.92. The van der Waals surface area contributed by atoms with E-state index in [2.05, 4.69) is 16.7 Å². The van der Waals surface area contributed by atoms with Gasteiger partial charge in [0.1, 0.15) is 0 Å². The molecule has 1 atom stereocenters. The molecule has 0 heterocycles. The zero-order valence-electron chi connectivity index (χ0n) is 14.1. The number of carbonyl (C=O) groups excluding carboxylic acids is 1. The Morgan fingerprint density at radius 3 is 2.74 bits per heavy atom. The number of ether oxygens (including phenoxy) is 1. The van der Waals surface area contributed by atoms with E-state index in [1.54, 1.807) is 0 Å². The Kier molecular flexibility index (Phi) is 9.22. The van der Waals surface area contributed by atoms with Crippen molar-refractivity contribution in [3.05, 3.63) is 29.8 Å². The van der Waals surface area contributed by atoms with Crippen LogP contribution in [-0.2, 0) is 16.1 Å². The van der Waals surface area contributed by atoms with Crippen molar-refractivity contribution in [1.29, 1.82) is 0 Å². The van der Waals surface area contributed by atoms with Crippen LogP contribution in [0.15, 0.2) is 24.3 Å². The van der Waals surface area contributed by atoms with Crippen LogP contribution in [-0.4, -0.2) is 25.6 Å². The molecule has 1 aliphatic rings. The SMILES string of the molecule is CNCC(C)C(=O)Nc1cccc(COC2CCCCC2)c1.Cl. The predicted octanol–water partition coefficient (Wildman–Crippen LogP) is 3.75. The maximum absolute atomic E-state index is 12.0. The summed E-state index contributed by atoms with van der Waals surface area (Å²) >= 11 is 0. The van der Waals surface area contributed by atoms with Gasteiger partial charge in [0.2, 0.25) is 5.91 Å². The third-order valence-electron chi connectivity index (χ3n) is 4.19. The Morgan fingerprint density at radius 1 is 1.30 bits per heavy atom. The van der Waals surface area contributed by atoms with E-state index in [1.165, 1.54) is 32.1 Å². The molecule has 0 aliphatic heterocycles. The predicted molar refractivity (Wildman–Crippen MR) is 97.1 cm³/mol. The average molecular weight is 341 g/mol. The molecule has 4 nitrogen and oxygen atoms in total. The number of carbonyl (C=O) groups is 1. The first-order chi connectivity index (χ1) is 10.7. The summed E-state index contributed by atoms with van der Waals surface area (Å²) in [6.07, 6.45) is 6.67. The summed E-state index contributed by atoms with van der Waals surface area (Å²) in [6, 6.07) is 7.95. The minimum absolute atomic E-state index is 0. The van der Waals surface area contributed by atoms with E-state index in [0.29, 0.717) is 19.3 Å². The Labute approximate surface area is 145 Å². The van der Waals surface area contributed by atoms with Gasteiger partial charge >= 0.3 is 0 Å². The highest BCUT2D eigenvalue weighted by Gasteiger charge is 2.14. The molecule has 1 aliphatic carbocycles. The van der Waals surface area contributed by atoms with Gasteiger partial charge in [0, 0.05) is 18.2 Å². The summed E-state index contributed by atoms with van der Waals surface area (Å²) in [7, 11) is 1.85. The van der Waals surface area contributed by atoms with Crippen LogP contribution in [0.5, 0.6) is 0 Å². The first-order valence-electron chi connectivity index (χ1n) is 8.35. The van der Waals surface area contributed by atoms with Gasteiger partial charge in [-0.2, -0.15) is 0 Å². The summed E-state index contributed by atoms with van der Waals surface area (Å²) in [5.74, 6) is -0.00755. The lowest BCUT2D eigenvalue weighted by molar-refractivity contribution is -0.119. The van der Waals surface area contributed by atoms with Gasteiger partial charge in [-0.1, -0.05) is 38.3 Å². The summed E-state index contributed by atoms with van der Waals surface area (Å²) < 4.78 is 5.99. The van der Waals surface area contributed by atoms with Crippen LogP contribution < -0.4 is 10.6 Å². The second-order valence-corrected chi connectivity index (χ2v) is 6.22. The molecule has 2 N–H and O–H groups in total. The first kappa shape index (κ1) is 19.9. The quantitative estimate of drug-likeness (QED) is 0.794. The maximum Gasteiger partial charge on any atom is 0.228 e. The molecule has 1 unspecified atom stereocenters. The van der Waals surface area contributed by atoms with Crippen LogP contribution >= 0.6 is 12.4 Å². The van der Waals surface area contributed by atoms with Crippen molar-refractivity contribution in [1.82, 2.24) is 5.32 Å². The van der Waals surface area contributed by atoms with Crippen molar-refractivity contribution in [3.63, 3.8) is 0 Å². The molecule has 1 amide bonds. The van der Waals surface area contributed by atoms with Crippen molar-refractivity contribution >= 4 is 24.0 Å². The molecular weight excluding hydrogens is 312 g/mol. The van der Waals surface area contributed by atoms with Crippen molar-refractivity contribution < 1.29 is 9.53 Å². The molecule has 5 heteroatoms. The monoisotopic (exact) mass is 340 g/mol. The summed E-state index contributed by atoms with van der Waals surface area (Å²) in [5, 5.41) is 5.99. The van der Waals surface area contributed by atoms with Crippen molar-refractivity contribution in [3.8, 4) is 0 Å². The molecule has 23 heavy (non-hydrogen) atoms. The van der Waals surface area contributed by atoms with Gasteiger partial charge in [-0.25, -0.2) is 0 Å². The normalized spacial score (nSPS) is 16.4. The van der Waals surface area contributed by atoms with E-state index >= 15 is 0 Å². The molecule has 1 fully saturated rings. The van der Waals surface area contributed by atoms with Crippen LogP contribution in [0.2, 0.25) is 0 Å². The van der Waals surface area contributed by atoms with Gasteiger partial charge < -0.3 is 15.4 Å². The third kappa shape index (κ3) is 6.90. The minimum atomic E-state index is -0.0489. The second kappa shape index (κ2) is 10.6. The van der Waals surface area contributed by atoms with Gasteiger partial charge in [0.15, 0.2) is 0 Å². The number of hydrogen-bond acceptors (Lipinski definition) is 3. The number of amides is 1. The lowest BCUT2D eigenvalue weighted by Crippen LogP contribution is -2.28. The number of nitrogens with one attached hydrogen (secondary N) is 2. The minimum Gasteiger partial charge on any atom is -0.374 e. The topological polar surface area (TPSA) is 50.4 Å². The number of rotatable bonds is 7. The molecule has 1 aromatic carbocycles. The van der Waals surface area contributed by atoms with Crippen LogP contribution in [0, 0.1) is 5.92 Å². The third-order valence-corrected chi connectivity index (χ3v) is 4.19. The van der Waals surface area contributed by atoms with Gasteiger partial charge in [-0.05, 0) is 37.6 Å². The second-order valence-electron chi connectivity index (χ2n) is 6.22. The van der Waals surface area contributed by atoms with Crippen LogP contribution in [0.25, 0.3) is 0 Å². The fourth-order valence-electron chi connectivity index (χ4n) is 2.85. The van der Waals surface area contributed by atoms with Gasteiger partial charge in [0.25, 0.3) is 0 Å². The van der Waals surface area contributed by atoms with Crippen LogP contribution in [0.4, 0.5) is 5.69 Å². The van der Waals surface area contributed by atoms with Crippen LogP contribution in [0.3, 0.4) is 0 Å². The molecule has 1 aromatic rings. The highest BCUT2D eigenvalue weighted by Crippen LogP contribution is 2.22. The zero-order valence-corrected chi connectivity index (χ0v) is 15.0. The van der Waals surface area contributed by atoms with E-state index in [-0.39, 0.29) is 24.2 Å². The molecule has 130 valence electrons. The number of halogens is 1. The fraction of sp³-hybridized carbons (Fsp3) is 0.611. The smallest absolute Gasteiger partial charge is 0.228 e. The van der Waals surface area contributed by atoms with Crippen molar-refractivity contribution in [2.75, 3.05) is 18.9 Å². The van der Waals surface area contributed by atoms with Gasteiger partial charge in [0.05, 0.1) is 12.7 Å². The van der Waals surface area contributed by atoms with Gasteiger partial charge in [-0.15, -0.1) is 12.4 Å². The average Bonchev–Trinajstić information content (AvgIpc) is 2.54. The zero-order chi connectivity index (χ0) is 15.8. The van der Waals surface area contributed by atoms with E-state index in [4.69, 9.17) is 4.74 Å². The Morgan fingerprint density at radius 2 is 2.04 bits per heavy atom. The Hall–Kier alpha value is -1.10. The summed E-state index contributed by atoms with van der Waals surface area (Å²) in [5.41, 5.74) is 1.96. The lowest BCUT2D eigenvalue weighted by Gasteiger charge is -2.22. The molecule has 0 spiro atoms. The largest absolute Gasteiger partial charge is 0.374 e. The molecule has 0 bridgehead atoms. The lowest BCUT2D eigenvalue weighted by atomic mass is 9.98. The first-order valence-corrected chi connectivity index (χ1v) is 8.35. The Bertz CT molecular complexity index is 476. The summed E-state index contributed by atoms with van der Waals surface area (Å²) in [6.45, 7) is 3.22. The molecular formula is C18H29ClN2O2. The van der Waals surface area contributed by atoms with E-state index < -0.39 is 0 Å². The van der Waals surface area contributed by atoms with Crippen LogP contribution in [0.1, 0.15) is 44.6 Å². The van der Waals surface area contributed by atoms with Crippen molar-refractivity contribution in [2.45, 2.75) is 51.7 Å². The molecule has 0 aromatic heterocycles. The fourth-order valence-corrected chi connectivity index (χ4v) is 2.85. The highest BCUT2D eigenvalue weighted by atomic mass is 35.5. The summed E-state index contributed by atoms with van der Waals surface area (Å²) in [4.78, 5) is 12.0.